The van der Waals surface area contributed by atoms with Crippen molar-refractivity contribution in [2.75, 3.05) is 6.54 Å². The van der Waals surface area contributed by atoms with Crippen molar-refractivity contribution >= 4 is 43.5 Å². The van der Waals surface area contributed by atoms with Crippen molar-refractivity contribution in [3.05, 3.63) is 61.5 Å². The summed E-state index contributed by atoms with van der Waals surface area (Å²) in [5, 5.41) is 3.44. The molecular formula is C15H14Br2ClFN2. The Morgan fingerprint density at radius 2 is 2.10 bits per heavy atom. The second kappa shape index (κ2) is 7.68. The molecule has 1 atom stereocenters. The monoisotopic (exact) mass is 434 g/mol. The van der Waals surface area contributed by atoms with E-state index >= 15 is 0 Å². The van der Waals surface area contributed by atoms with Crippen LogP contribution < -0.4 is 5.32 Å². The van der Waals surface area contributed by atoms with Crippen LogP contribution in [-0.4, -0.2) is 11.5 Å². The van der Waals surface area contributed by atoms with Crippen LogP contribution >= 0.6 is 43.5 Å². The number of hydrogen-bond donors (Lipinski definition) is 1. The van der Waals surface area contributed by atoms with Gasteiger partial charge in [-0.25, -0.2) is 4.39 Å². The molecule has 21 heavy (non-hydrogen) atoms. The maximum Gasteiger partial charge on any atom is 0.148 e. The minimum Gasteiger partial charge on any atom is -0.306 e. The van der Waals surface area contributed by atoms with E-state index < -0.39 is 5.82 Å². The number of hydrogen-bond acceptors (Lipinski definition) is 2. The molecule has 1 aromatic heterocycles. The molecule has 0 bridgehead atoms. The van der Waals surface area contributed by atoms with Crippen molar-refractivity contribution in [1.82, 2.24) is 10.3 Å². The molecule has 2 aromatic rings. The Kier molecular flexibility index (Phi) is 6.17. The smallest absolute Gasteiger partial charge is 0.148 e. The summed E-state index contributed by atoms with van der Waals surface area (Å²) in [6, 6.07) is 5.13. The Hall–Kier alpha value is -0.490. The van der Waals surface area contributed by atoms with E-state index in [0.717, 1.165) is 23.0 Å². The second-order valence-corrected chi connectivity index (χ2v) is 6.74. The van der Waals surface area contributed by atoms with Gasteiger partial charge in [-0.3, -0.25) is 4.98 Å². The van der Waals surface area contributed by atoms with Gasteiger partial charge in [0, 0.05) is 26.9 Å². The van der Waals surface area contributed by atoms with E-state index in [1.807, 2.05) is 6.07 Å². The third kappa shape index (κ3) is 4.03. The predicted molar refractivity (Wildman–Crippen MR) is 91.2 cm³/mol. The van der Waals surface area contributed by atoms with Crippen LogP contribution in [0.4, 0.5) is 4.39 Å². The van der Waals surface area contributed by atoms with E-state index in [1.165, 1.54) is 0 Å². The minimum absolute atomic E-state index is 0.0961. The molecular weight excluding hydrogens is 422 g/mol. The van der Waals surface area contributed by atoms with E-state index in [0.29, 0.717) is 10.0 Å². The van der Waals surface area contributed by atoms with Crippen molar-refractivity contribution < 1.29 is 4.39 Å². The fourth-order valence-electron chi connectivity index (χ4n) is 2.05. The van der Waals surface area contributed by atoms with Gasteiger partial charge in [-0.1, -0.05) is 24.6 Å². The maximum absolute atomic E-state index is 14.5. The lowest BCUT2D eigenvalue weighted by atomic mass is 9.99. The summed E-state index contributed by atoms with van der Waals surface area (Å²) in [7, 11) is 0. The molecule has 1 N–H and O–H groups in total. The highest BCUT2D eigenvalue weighted by Gasteiger charge is 2.20. The lowest BCUT2D eigenvalue weighted by molar-refractivity contribution is 0.545. The average Bonchev–Trinajstić information content (AvgIpc) is 2.47. The number of aromatic nitrogens is 1. The first-order valence-electron chi connectivity index (χ1n) is 6.51. The van der Waals surface area contributed by atoms with Gasteiger partial charge in [0.1, 0.15) is 5.82 Å². The predicted octanol–water partition coefficient (Wildman–Crippen LogP) is 5.49. The van der Waals surface area contributed by atoms with Crippen molar-refractivity contribution in [2.24, 2.45) is 0 Å². The van der Waals surface area contributed by atoms with Gasteiger partial charge in [-0.05, 0) is 62.5 Å². The Bertz CT molecular complexity index is 637. The number of halogens is 4. The molecule has 0 saturated carbocycles. The molecule has 0 saturated heterocycles. The number of rotatable bonds is 5. The molecule has 1 heterocycles. The summed E-state index contributed by atoms with van der Waals surface area (Å²) in [5.41, 5.74) is 1.40. The van der Waals surface area contributed by atoms with Gasteiger partial charge in [0.05, 0.1) is 11.1 Å². The third-order valence-corrected chi connectivity index (χ3v) is 4.73. The van der Waals surface area contributed by atoms with E-state index in [4.69, 9.17) is 11.6 Å². The van der Waals surface area contributed by atoms with Gasteiger partial charge >= 0.3 is 0 Å². The van der Waals surface area contributed by atoms with Gasteiger partial charge in [0.2, 0.25) is 0 Å². The molecule has 1 aromatic carbocycles. The normalized spacial score (nSPS) is 12.4. The molecule has 0 aliphatic carbocycles. The molecule has 0 fully saturated rings. The highest BCUT2D eigenvalue weighted by atomic mass is 79.9. The van der Waals surface area contributed by atoms with Crippen LogP contribution in [-0.2, 0) is 0 Å². The van der Waals surface area contributed by atoms with E-state index in [9.17, 15) is 4.39 Å². The molecule has 0 aliphatic heterocycles. The second-order valence-electron chi connectivity index (χ2n) is 4.59. The van der Waals surface area contributed by atoms with E-state index in [2.05, 4.69) is 49.1 Å². The Morgan fingerprint density at radius 1 is 1.33 bits per heavy atom. The quantitative estimate of drug-likeness (QED) is 0.627. The fraction of sp³-hybridized carbons (Fsp3) is 0.267. The minimum atomic E-state index is -0.417. The SMILES string of the molecule is CCCNC(c1cncc(Br)c1)c1ccc(Br)c(Cl)c1F. The van der Waals surface area contributed by atoms with Crippen LogP contribution in [0.2, 0.25) is 5.02 Å². The zero-order chi connectivity index (χ0) is 15.4. The maximum atomic E-state index is 14.5. The molecule has 112 valence electrons. The largest absolute Gasteiger partial charge is 0.306 e. The summed E-state index contributed by atoms with van der Waals surface area (Å²) in [4.78, 5) is 4.16. The fourth-order valence-corrected chi connectivity index (χ4v) is 2.91. The van der Waals surface area contributed by atoms with Crippen LogP contribution in [0.1, 0.15) is 30.5 Å². The molecule has 0 spiro atoms. The van der Waals surface area contributed by atoms with Crippen LogP contribution in [0.5, 0.6) is 0 Å². The summed E-state index contributed by atoms with van der Waals surface area (Å²) in [6.45, 7) is 2.83. The molecule has 2 nitrogen and oxygen atoms in total. The van der Waals surface area contributed by atoms with Crippen molar-refractivity contribution in [2.45, 2.75) is 19.4 Å². The zero-order valence-electron chi connectivity index (χ0n) is 11.3. The average molecular weight is 437 g/mol. The zero-order valence-corrected chi connectivity index (χ0v) is 15.3. The molecule has 1 unspecified atom stereocenters. The third-order valence-electron chi connectivity index (χ3n) is 3.03. The summed E-state index contributed by atoms with van der Waals surface area (Å²) in [6.07, 6.45) is 4.38. The standard InChI is InChI=1S/C15H14Br2ClFN2/c1-2-5-21-15(9-6-10(16)8-20-7-9)11-3-4-12(17)13(18)14(11)19/h3-4,6-8,15,21H,2,5H2,1H3. The van der Waals surface area contributed by atoms with Crippen LogP contribution in [0.25, 0.3) is 0 Å². The van der Waals surface area contributed by atoms with Crippen molar-refractivity contribution in [1.29, 1.82) is 0 Å². The number of nitrogens with one attached hydrogen (secondary N) is 1. The first-order valence-corrected chi connectivity index (χ1v) is 8.48. The number of benzene rings is 1. The van der Waals surface area contributed by atoms with E-state index in [-0.39, 0.29) is 11.1 Å². The number of pyridine rings is 1. The van der Waals surface area contributed by atoms with Crippen molar-refractivity contribution in [3.63, 3.8) is 0 Å². The van der Waals surface area contributed by atoms with Gasteiger partial charge < -0.3 is 5.32 Å². The first-order chi connectivity index (χ1) is 10.0. The Morgan fingerprint density at radius 3 is 2.76 bits per heavy atom. The van der Waals surface area contributed by atoms with Crippen LogP contribution in [0.3, 0.4) is 0 Å². The Labute approximate surface area is 145 Å². The lowest BCUT2D eigenvalue weighted by Gasteiger charge is -2.21. The number of nitrogens with zero attached hydrogens (tertiary/aromatic N) is 1. The Balaban J connectivity index is 2.48. The summed E-state index contributed by atoms with van der Waals surface area (Å²) < 4.78 is 15.9. The molecule has 6 heteroatoms. The molecule has 0 radical (unpaired) electrons. The summed E-state index contributed by atoms with van der Waals surface area (Å²) >= 11 is 12.6. The van der Waals surface area contributed by atoms with E-state index in [1.54, 1.807) is 24.5 Å². The van der Waals surface area contributed by atoms with Gasteiger partial charge in [0.25, 0.3) is 0 Å². The highest BCUT2D eigenvalue weighted by molar-refractivity contribution is 9.10. The highest BCUT2D eigenvalue weighted by Crippen LogP contribution is 2.33. The topological polar surface area (TPSA) is 24.9 Å². The van der Waals surface area contributed by atoms with Crippen molar-refractivity contribution in [3.8, 4) is 0 Å². The van der Waals surface area contributed by atoms with Gasteiger partial charge in [0.15, 0.2) is 0 Å². The lowest BCUT2D eigenvalue weighted by Crippen LogP contribution is -2.24. The van der Waals surface area contributed by atoms with Crippen LogP contribution in [0.15, 0.2) is 39.5 Å². The molecule has 0 amide bonds. The molecule has 2 rings (SSSR count). The van der Waals surface area contributed by atoms with Gasteiger partial charge in [-0.2, -0.15) is 0 Å². The van der Waals surface area contributed by atoms with Crippen LogP contribution in [0, 0.1) is 5.82 Å². The summed E-state index contributed by atoms with van der Waals surface area (Å²) in [5.74, 6) is -0.417. The van der Waals surface area contributed by atoms with Gasteiger partial charge in [-0.15, -0.1) is 0 Å². The first kappa shape index (κ1) is 16.9. The molecule has 0 aliphatic rings.